The molecule has 0 aliphatic rings. The van der Waals surface area contributed by atoms with E-state index in [1.165, 1.54) is 0 Å². The second kappa shape index (κ2) is 6.58. The van der Waals surface area contributed by atoms with E-state index in [1.54, 1.807) is 18.4 Å². The van der Waals surface area contributed by atoms with Crippen molar-refractivity contribution in [1.82, 2.24) is 10.2 Å². The van der Waals surface area contributed by atoms with Gasteiger partial charge in [0, 0.05) is 13.5 Å². The molecule has 4 nitrogen and oxygen atoms in total. The summed E-state index contributed by atoms with van der Waals surface area (Å²) in [5, 5.41) is 10.3. The van der Waals surface area contributed by atoms with Gasteiger partial charge < -0.3 is 10.5 Å². The minimum Gasteiger partial charge on any atom is -0.369 e. The summed E-state index contributed by atoms with van der Waals surface area (Å²) in [6.45, 7) is 0.682. The summed E-state index contributed by atoms with van der Waals surface area (Å²) >= 11 is 1.60. The van der Waals surface area contributed by atoms with Crippen molar-refractivity contribution < 1.29 is 4.74 Å². The van der Waals surface area contributed by atoms with Crippen LogP contribution in [0.3, 0.4) is 0 Å². The molecule has 0 bridgehead atoms. The predicted octanol–water partition coefficient (Wildman–Crippen LogP) is 2.17. The maximum Gasteiger partial charge on any atom is 0.151 e. The standard InChI is InChI=1S/C13H17N3OS/c1-17-12(10-6-3-2-4-7-10)13-16-15-11(18-13)8-5-9-14/h2-4,6-7,12H,5,8-9,14H2,1H3. The molecule has 1 aromatic carbocycles. The molecule has 1 unspecified atom stereocenters. The van der Waals surface area contributed by atoms with E-state index in [1.807, 2.05) is 30.3 Å². The fraction of sp³-hybridized carbons (Fsp3) is 0.385. The summed E-state index contributed by atoms with van der Waals surface area (Å²) in [7, 11) is 1.69. The Hall–Kier alpha value is -1.30. The van der Waals surface area contributed by atoms with E-state index < -0.39 is 0 Å². The highest BCUT2D eigenvalue weighted by Crippen LogP contribution is 2.27. The lowest BCUT2D eigenvalue weighted by molar-refractivity contribution is 0.135. The van der Waals surface area contributed by atoms with E-state index in [2.05, 4.69) is 10.2 Å². The SMILES string of the molecule is COC(c1ccccc1)c1nnc(CCCN)s1. The van der Waals surface area contributed by atoms with E-state index in [9.17, 15) is 0 Å². The van der Waals surface area contributed by atoms with Crippen LogP contribution in [0.5, 0.6) is 0 Å². The summed E-state index contributed by atoms with van der Waals surface area (Å²) in [4.78, 5) is 0. The zero-order valence-corrected chi connectivity index (χ0v) is 11.2. The molecule has 1 aromatic heterocycles. The van der Waals surface area contributed by atoms with Gasteiger partial charge in [-0.15, -0.1) is 10.2 Å². The van der Waals surface area contributed by atoms with Crippen LogP contribution in [0.2, 0.25) is 0 Å². The van der Waals surface area contributed by atoms with Gasteiger partial charge in [-0.3, -0.25) is 0 Å². The zero-order valence-electron chi connectivity index (χ0n) is 10.4. The number of benzene rings is 1. The molecule has 0 saturated carbocycles. The topological polar surface area (TPSA) is 61.0 Å². The highest BCUT2D eigenvalue weighted by atomic mass is 32.1. The van der Waals surface area contributed by atoms with Gasteiger partial charge in [0.2, 0.25) is 0 Å². The average molecular weight is 263 g/mol. The van der Waals surface area contributed by atoms with Crippen LogP contribution in [-0.4, -0.2) is 23.9 Å². The summed E-state index contributed by atoms with van der Waals surface area (Å²) in [5.74, 6) is 0. The van der Waals surface area contributed by atoms with Crippen molar-refractivity contribution in [2.24, 2.45) is 5.73 Å². The molecule has 0 radical (unpaired) electrons. The van der Waals surface area contributed by atoms with Crippen molar-refractivity contribution in [3.05, 3.63) is 45.9 Å². The van der Waals surface area contributed by atoms with Gasteiger partial charge in [-0.05, 0) is 18.5 Å². The fourth-order valence-corrected chi connectivity index (χ4v) is 2.72. The Labute approximate surface area is 111 Å². The summed E-state index contributed by atoms with van der Waals surface area (Å²) in [6.07, 6.45) is 1.70. The molecular formula is C13H17N3OS. The average Bonchev–Trinajstić information content (AvgIpc) is 2.87. The largest absolute Gasteiger partial charge is 0.369 e. The lowest BCUT2D eigenvalue weighted by Gasteiger charge is -2.11. The number of aryl methyl sites for hydroxylation is 1. The van der Waals surface area contributed by atoms with Gasteiger partial charge in [-0.25, -0.2) is 0 Å². The van der Waals surface area contributed by atoms with E-state index in [4.69, 9.17) is 10.5 Å². The summed E-state index contributed by atoms with van der Waals surface area (Å²) in [5.41, 5.74) is 6.59. The van der Waals surface area contributed by atoms with Gasteiger partial charge in [-0.1, -0.05) is 41.7 Å². The van der Waals surface area contributed by atoms with Crippen molar-refractivity contribution in [3.8, 4) is 0 Å². The fourth-order valence-electron chi connectivity index (χ4n) is 1.73. The molecule has 0 saturated heterocycles. The van der Waals surface area contributed by atoms with Crippen LogP contribution in [0, 0.1) is 0 Å². The predicted molar refractivity (Wildman–Crippen MR) is 72.6 cm³/mol. The molecule has 1 heterocycles. The first-order valence-electron chi connectivity index (χ1n) is 5.95. The number of hydrogen-bond acceptors (Lipinski definition) is 5. The number of ether oxygens (including phenoxy) is 1. The molecule has 96 valence electrons. The first-order valence-corrected chi connectivity index (χ1v) is 6.77. The molecule has 0 aliphatic carbocycles. The molecule has 5 heteroatoms. The Morgan fingerprint density at radius 3 is 2.72 bits per heavy atom. The van der Waals surface area contributed by atoms with Crippen LogP contribution in [0.1, 0.15) is 28.1 Å². The first kappa shape index (κ1) is 13.1. The number of aromatic nitrogens is 2. The third-order valence-corrected chi connectivity index (χ3v) is 3.67. The molecule has 0 fully saturated rings. The minimum atomic E-state index is -0.129. The van der Waals surface area contributed by atoms with E-state index >= 15 is 0 Å². The van der Waals surface area contributed by atoms with E-state index in [-0.39, 0.29) is 6.10 Å². The van der Waals surface area contributed by atoms with Gasteiger partial charge in [0.05, 0.1) is 0 Å². The molecule has 18 heavy (non-hydrogen) atoms. The highest BCUT2D eigenvalue weighted by molar-refractivity contribution is 7.11. The van der Waals surface area contributed by atoms with Crippen LogP contribution < -0.4 is 5.73 Å². The second-order valence-electron chi connectivity index (χ2n) is 3.95. The molecule has 0 amide bonds. The maximum absolute atomic E-state index is 5.52. The Morgan fingerprint density at radius 2 is 2.06 bits per heavy atom. The maximum atomic E-state index is 5.52. The highest BCUT2D eigenvalue weighted by Gasteiger charge is 2.17. The molecule has 0 spiro atoms. The van der Waals surface area contributed by atoms with Crippen molar-refractivity contribution in [2.45, 2.75) is 18.9 Å². The Bertz CT molecular complexity index is 472. The van der Waals surface area contributed by atoms with Crippen LogP contribution in [0.25, 0.3) is 0 Å². The third-order valence-electron chi connectivity index (χ3n) is 2.64. The van der Waals surface area contributed by atoms with Gasteiger partial charge in [0.25, 0.3) is 0 Å². The van der Waals surface area contributed by atoms with Gasteiger partial charge in [0.1, 0.15) is 11.1 Å². The zero-order chi connectivity index (χ0) is 12.8. The molecular weight excluding hydrogens is 246 g/mol. The summed E-state index contributed by atoms with van der Waals surface area (Å²) in [6, 6.07) is 10.1. The van der Waals surface area contributed by atoms with Crippen LogP contribution >= 0.6 is 11.3 Å². The minimum absolute atomic E-state index is 0.129. The van der Waals surface area contributed by atoms with Crippen LogP contribution in [-0.2, 0) is 11.2 Å². The first-order chi connectivity index (χ1) is 8.85. The number of nitrogens with zero attached hydrogens (tertiary/aromatic N) is 2. The number of hydrogen-bond donors (Lipinski definition) is 1. The van der Waals surface area contributed by atoms with Crippen LogP contribution in [0.15, 0.2) is 30.3 Å². The molecule has 0 aliphatic heterocycles. The Balaban J connectivity index is 2.15. The second-order valence-corrected chi connectivity index (χ2v) is 5.05. The van der Waals surface area contributed by atoms with Gasteiger partial charge in [-0.2, -0.15) is 0 Å². The number of rotatable bonds is 6. The van der Waals surface area contributed by atoms with E-state index in [0.29, 0.717) is 6.54 Å². The quantitative estimate of drug-likeness (QED) is 0.867. The summed E-state index contributed by atoms with van der Waals surface area (Å²) < 4.78 is 5.52. The number of nitrogens with two attached hydrogens (primary N) is 1. The normalized spacial score (nSPS) is 12.6. The molecule has 2 N–H and O–H groups in total. The van der Waals surface area contributed by atoms with Gasteiger partial charge in [0.15, 0.2) is 5.01 Å². The van der Waals surface area contributed by atoms with Crippen molar-refractivity contribution >= 4 is 11.3 Å². The van der Waals surface area contributed by atoms with Crippen LogP contribution in [0.4, 0.5) is 0 Å². The van der Waals surface area contributed by atoms with Crippen molar-refractivity contribution in [2.75, 3.05) is 13.7 Å². The Kier molecular flexibility index (Phi) is 4.81. The van der Waals surface area contributed by atoms with Gasteiger partial charge >= 0.3 is 0 Å². The molecule has 1 atom stereocenters. The smallest absolute Gasteiger partial charge is 0.151 e. The third kappa shape index (κ3) is 3.13. The van der Waals surface area contributed by atoms with E-state index in [0.717, 1.165) is 28.4 Å². The molecule has 2 aromatic rings. The monoisotopic (exact) mass is 263 g/mol. The number of methoxy groups -OCH3 is 1. The van der Waals surface area contributed by atoms with Crippen molar-refractivity contribution in [1.29, 1.82) is 0 Å². The lowest BCUT2D eigenvalue weighted by atomic mass is 10.1. The lowest BCUT2D eigenvalue weighted by Crippen LogP contribution is -2.02. The molecule has 2 rings (SSSR count). The Morgan fingerprint density at radius 1 is 1.28 bits per heavy atom. The van der Waals surface area contributed by atoms with Crippen molar-refractivity contribution in [3.63, 3.8) is 0 Å².